The van der Waals surface area contributed by atoms with E-state index in [1.807, 2.05) is 12.1 Å². The van der Waals surface area contributed by atoms with Crippen LogP contribution in [0.3, 0.4) is 0 Å². The molecule has 1 heterocycles. The molecule has 0 saturated heterocycles. The average molecular weight is 796 g/mol. The summed E-state index contributed by atoms with van der Waals surface area (Å²) in [5.41, 5.74) is 0.646. The van der Waals surface area contributed by atoms with E-state index in [0.29, 0.717) is 16.8 Å². The number of benzene rings is 5. The predicted molar refractivity (Wildman–Crippen MR) is 177 cm³/mol. The van der Waals surface area contributed by atoms with Gasteiger partial charge in [-0.1, -0.05) is 60.3 Å². The fourth-order valence-electron chi connectivity index (χ4n) is 4.42. The molecule has 1 aromatic heterocycles. The summed E-state index contributed by atoms with van der Waals surface area (Å²) in [6.07, 6.45) is 0. The van der Waals surface area contributed by atoms with Crippen LogP contribution in [-0.4, -0.2) is 37.2 Å². The second-order valence-electron chi connectivity index (χ2n) is 10.4. The smallest absolute Gasteiger partial charge is 0.871 e. The molecule has 1 atom stereocenters. The van der Waals surface area contributed by atoms with E-state index in [2.05, 4.69) is 25.6 Å². The van der Waals surface area contributed by atoms with E-state index in [1.54, 1.807) is 55.5 Å². The minimum Gasteiger partial charge on any atom is -0.871 e. The van der Waals surface area contributed by atoms with Gasteiger partial charge in [0.2, 0.25) is 10.0 Å². The first-order valence-corrected chi connectivity index (χ1v) is 17.2. The number of nitrogens with zero attached hydrogens (tertiary/aromatic N) is 6. The third kappa shape index (κ3) is 9.79. The number of nitrogens with two attached hydrogens (primary N) is 1. The van der Waals surface area contributed by atoms with E-state index in [0.717, 1.165) is 40.4 Å². The van der Waals surface area contributed by atoms with Gasteiger partial charge in [-0.2, -0.15) is 10.2 Å². The fraction of sp³-hybridized carbons (Fsp3) is 0.0312. The number of hydrogen-bond acceptors (Lipinski definition) is 14. The first kappa shape index (κ1) is 41.7. The Morgan fingerprint density at radius 3 is 2.00 bits per heavy atom. The molecule has 20 heteroatoms. The number of para-hydroxylation sites is 1. The van der Waals surface area contributed by atoms with Crippen LogP contribution >= 0.6 is 0 Å². The molecule has 1 unspecified atom stereocenters. The van der Waals surface area contributed by atoms with Gasteiger partial charge in [0, 0.05) is 26.2 Å². The molecule has 0 aliphatic heterocycles. The molecule has 0 radical (unpaired) electrons. The molecule has 0 bridgehead atoms. The van der Waals surface area contributed by atoms with Gasteiger partial charge in [0.1, 0.15) is 28.6 Å². The first-order valence-electron chi connectivity index (χ1n) is 14.2. The van der Waals surface area contributed by atoms with E-state index in [-0.39, 0.29) is 90.4 Å². The van der Waals surface area contributed by atoms with Gasteiger partial charge >= 0.3 is 46.3 Å². The largest absolute Gasteiger partial charge is 3.00 e. The van der Waals surface area contributed by atoms with Gasteiger partial charge in [-0.15, -0.1) is 15.3 Å². The van der Waals surface area contributed by atoms with Gasteiger partial charge in [-0.05, 0) is 60.8 Å². The van der Waals surface area contributed by atoms with E-state index in [9.17, 15) is 37.6 Å². The Hall–Kier alpha value is -4.70. The summed E-state index contributed by atoms with van der Waals surface area (Å²) >= 11 is 0. The number of aromatic hydroxyl groups is 2. The Labute approximate surface area is 329 Å². The number of nitrogens with one attached hydrogen (secondary N) is 1. The molecule has 6 aromatic rings. The quantitative estimate of drug-likeness (QED) is 0.136. The predicted octanol–water partition coefficient (Wildman–Crippen LogP) is 2.59. The zero-order valence-electron chi connectivity index (χ0n) is 27.1. The number of primary sulfonamides is 1. The van der Waals surface area contributed by atoms with E-state index in [4.69, 9.17) is 9.92 Å². The van der Waals surface area contributed by atoms with Gasteiger partial charge in [0.25, 0.3) is 0 Å². The molecule has 0 aliphatic carbocycles. The van der Waals surface area contributed by atoms with Crippen molar-refractivity contribution in [3.05, 3.63) is 109 Å². The van der Waals surface area contributed by atoms with Crippen molar-refractivity contribution in [2.45, 2.75) is 16.7 Å². The molecule has 5 N–H and O–H groups in total. The normalized spacial score (nSPS) is 12.4. The van der Waals surface area contributed by atoms with Crippen LogP contribution in [0.1, 0.15) is 5.69 Å². The Balaban J connectivity index is 0.000000271. The number of phenolic OH excluding ortho intramolecular Hbond substituents is 2. The van der Waals surface area contributed by atoms with Crippen molar-refractivity contribution in [3.8, 4) is 28.8 Å². The fourth-order valence-corrected chi connectivity index (χ4v) is 5.46. The van der Waals surface area contributed by atoms with Crippen molar-refractivity contribution in [2.75, 3.05) is 0 Å². The molecule has 0 fully saturated rings. The third-order valence-corrected chi connectivity index (χ3v) is 8.68. The van der Waals surface area contributed by atoms with Crippen LogP contribution in [0.5, 0.6) is 23.1 Å². The molecular formula is C32H25CoN8NaO8S2+. The van der Waals surface area contributed by atoms with Gasteiger partial charge < -0.3 is 25.0 Å². The second kappa shape index (κ2) is 17.2. The van der Waals surface area contributed by atoms with Gasteiger partial charge in [-0.3, -0.25) is 8.99 Å². The molecule has 52 heavy (non-hydrogen) atoms. The van der Waals surface area contributed by atoms with Crippen molar-refractivity contribution in [1.29, 1.82) is 4.78 Å². The summed E-state index contributed by atoms with van der Waals surface area (Å²) in [5, 5.41) is 70.1. The van der Waals surface area contributed by atoms with E-state index in [1.165, 1.54) is 12.1 Å². The van der Waals surface area contributed by atoms with Gasteiger partial charge in [0.05, 0.1) is 22.0 Å². The zero-order chi connectivity index (χ0) is 36.2. The maximum absolute atomic E-state index is 12.5. The van der Waals surface area contributed by atoms with Crippen molar-refractivity contribution in [3.63, 3.8) is 0 Å². The van der Waals surface area contributed by atoms with Crippen LogP contribution in [-0.2, 0) is 36.8 Å². The number of fused-ring (bicyclic) bond motifs is 1. The monoisotopic (exact) mass is 795 g/mol. The van der Waals surface area contributed by atoms with E-state index >= 15 is 0 Å². The van der Waals surface area contributed by atoms with Crippen LogP contribution in [0.2, 0.25) is 0 Å². The Kier molecular flexibility index (Phi) is 13.8. The van der Waals surface area contributed by atoms with Crippen molar-refractivity contribution < 1.29 is 83.9 Å². The number of hydrogen-bond donors (Lipinski definition) is 4. The van der Waals surface area contributed by atoms with Crippen molar-refractivity contribution in [2.24, 2.45) is 25.6 Å². The molecule has 0 spiro atoms. The van der Waals surface area contributed by atoms with Crippen LogP contribution < -0.4 is 44.9 Å². The maximum atomic E-state index is 12.5. The molecule has 6 rings (SSSR count). The molecular weight excluding hydrogens is 770 g/mol. The zero-order valence-corrected chi connectivity index (χ0v) is 31.7. The average Bonchev–Trinajstić information content (AvgIpc) is 3.36. The number of aromatic nitrogens is 2. The van der Waals surface area contributed by atoms with Crippen LogP contribution in [0.25, 0.3) is 16.5 Å². The minimum absolute atomic E-state index is 0. The minimum atomic E-state index is -4.24. The molecule has 0 aliphatic rings. The Bertz CT molecular complexity index is 2520. The molecule has 262 valence electrons. The van der Waals surface area contributed by atoms with Crippen molar-refractivity contribution in [1.82, 2.24) is 9.78 Å². The number of phenols is 2. The molecule has 5 aromatic carbocycles. The van der Waals surface area contributed by atoms with Gasteiger partial charge in [-0.25, -0.2) is 18.2 Å². The maximum Gasteiger partial charge on any atom is 3.00 e. The number of azo groups is 2. The molecule has 16 nitrogen and oxygen atoms in total. The number of rotatable bonds is 7. The second-order valence-corrected chi connectivity index (χ2v) is 13.4. The first-order chi connectivity index (χ1) is 23.6. The summed E-state index contributed by atoms with van der Waals surface area (Å²) in [4.78, 5) is -0.582. The standard InChI is InChI=1S/C16H15N5O4S.C16H13N3O4S.Co.Na/c1-10-15(16(23)21(20-10)11-5-3-2-4-6-11)19-18-13-9-12(26(17,24)25)7-8-14(13)22;17-24(22,23)11-6-8-14(20)13(9-11)18-19-16-12-4-2-1-3-10(12)5-7-15(16)21;;/h2-9,22-23H,1H3,(H2,17,24,25);1-9,20-21H,(H2,17,22,23);;/q;;+3;+1/p-3. The van der Waals surface area contributed by atoms with Crippen LogP contribution in [0.15, 0.2) is 133 Å². The van der Waals surface area contributed by atoms with Crippen LogP contribution in [0, 0.1) is 11.7 Å². The summed E-state index contributed by atoms with van der Waals surface area (Å²) in [7, 11) is -8.17. The summed E-state index contributed by atoms with van der Waals surface area (Å²) < 4.78 is 53.5. The number of sulfonamides is 1. The van der Waals surface area contributed by atoms with Crippen LogP contribution in [0.4, 0.5) is 22.7 Å². The Morgan fingerprint density at radius 1 is 0.750 bits per heavy atom. The number of aryl methyl sites for hydroxylation is 1. The third-order valence-electron chi connectivity index (χ3n) is 6.90. The molecule has 0 saturated carbocycles. The van der Waals surface area contributed by atoms with E-state index < -0.39 is 31.7 Å². The summed E-state index contributed by atoms with van der Waals surface area (Å²) in [6, 6.07) is 25.6. The van der Waals surface area contributed by atoms with Gasteiger partial charge in [0.15, 0.2) is 0 Å². The summed E-state index contributed by atoms with van der Waals surface area (Å²) in [5.74, 6) is -1.44. The molecule has 0 amide bonds. The van der Waals surface area contributed by atoms with Crippen molar-refractivity contribution >= 4 is 53.6 Å². The summed E-state index contributed by atoms with van der Waals surface area (Å²) in [6.45, 7) is 1.57. The Morgan fingerprint density at radius 2 is 1.33 bits per heavy atom. The topological polar surface area (TPSA) is 278 Å². The SMILES string of the molecule is Cc1nn(-c2ccccc2)c([O-])c1N=Nc1cc(S(=N)(=O)[O-])ccc1[O-].NS(=O)(=O)c1ccc(O)c(N=Nc2c(O)ccc3ccccc23)c1.[Co+3].[Na+].